The molecule has 0 fully saturated rings. The van der Waals surface area contributed by atoms with Gasteiger partial charge in [0.05, 0.1) is 16.7 Å². The summed E-state index contributed by atoms with van der Waals surface area (Å²) in [4.78, 5) is 16.8. The number of rotatable bonds is 5. The zero-order valence-corrected chi connectivity index (χ0v) is 14.2. The van der Waals surface area contributed by atoms with Gasteiger partial charge in [0.25, 0.3) is 5.91 Å². The number of hydrogen-bond acceptors (Lipinski definition) is 4. The van der Waals surface area contributed by atoms with Gasteiger partial charge in [-0.15, -0.1) is 36.2 Å². The van der Waals surface area contributed by atoms with Crippen LogP contribution in [0.5, 0.6) is 0 Å². The van der Waals surface area contributed by atoms with Crippen LogP contribution in [0.3, 0.4) is 0 Å². The maximum Gasteiger partial charge on any atom is 0.263 e. The van der Waals surface area contributed by atoms with Gasteiger partial charge in [-0.2, -0.15) is 0 Å². The molecule has 0 aromatic carbocycles. The molecule has 112 valence electrons. The third kappa shape index (κ3) is 6.08. The molecule has 0 aliphatic heterocycles. The minimum atomic E-state index is -0.346. The Morgan fingerprint density at radius 1 is 1.53 bits per heavy atom. The average Bonchev–Trinajstić information content (AvgIpc) is 2.63. The van der Waals surface area contributed by atoms with Gasteiger partial charge < -0.3 is 11.1 Å². The van der Waals surface area contributed by atoms with E-state index in [4.69, 9.17) is 5.73 Å². The molecule has 7 heteroatoms. The van der Waals surface area contributed by atoms with E-state index in [9.17, 15) is 4.79 Å². The molecule has 1 unspecified atom stereocenters. The lowest BCUT2D eigenvalue weighted by molar-refractivity contribution is 0.0901. The maximum absolute atomic E-state index is 12.1. The van der Waals surface area contributed by atoms with Crippen molar-refractivity contribution < 1.29 is 4.79 Å². The van der Waals surface area contributed by atoms with Crippen molar-refractivity contribution in [2.24, 2.45) is 11.7 Å². The second kappa shape index (κ2) is 8.74. The predicted octanol–water partition coefficient (Wildman–Crippen LogP) is 2.79. The zero-order chi connectivity index (χ0) is 13.1. The monoisotopic (exact) mass is 327 g/mol. The smallest absolute Gasteiger partial charge is 0.263 e. The molecule has 0 saturated heterocycles. The Hall–Kier alpha value is -0.360. The molecule has 1 heterocycles. The summed E-state index contributed by atoms with van der Waals surface area (Å²) in [6, 6.07) is 0. The van der Waals surface area contributed by atoms with Crippen molar-refractivity contribution >= 4 is 42.1 Å². The van der Waals surface area contributed by atoms with Crippen molar-refractivity contribution in [3.63, 3.8) is 0 Å². The molecular weight excluding hydrogens is 305 g/mol. The number of nitrogens with two attached hydrogens (primary N) is 1. The fourth-order valence-corrected chi connectivity index (χ4v) is 2.63. The summed E-state index contributed by atoms with van der Waals surface area (Å²) < 4.78 is 0. The summed E-state index contributed by atoms with van der Waals surface area (Å²) >= 11 is 1.36. The molecule has 19 heavy (non-hydrogen) atoms. The number of carbonyl (C=O) groups excluding carboxylic acids is 1. The first kappa shape index (κ1) is 20.9. The minimum Gasteiger partial charge on any atom is -0.345 e. The van der Waals surface area contributed by atoms with Crippen LogP contribution in [0.15, 0.2) is 5.51 Å². The van der Waals surface area contributed by atoms with E-state index in [0.717, 1.165) is 12.1 Å². The highest BCUT2D eigenvalue weighted by Crippen LogP contribution is 2.18. The van der Waals surface area contributed by atoms with Crippen molar-refractivity contribution in [1.82, 2.24) is 10.3 Å². The lowest BCUT2D eigenvalue weighted by atomic mass is 9.90. The SMILES string of the molecule is Cc1ncsc1C(=O)NC(C)(CN)CC(C)C.Cl.Cl. The number of aromatic nitrogens is 1. The highest BCUT2D eigenvalue weighted by Gasteiger charge is 2.27. The number of halogens is 2. The highest BCUT2D eigenvalue weighted by molar-refractivity contribution is 7.11. The van der Waals surface area contributed by atoms with Gasteiger partial charge in [0.1, 0.15) is 4.88 Å². The van der Waals surface area contributed by atoms with Crippen LogP contribution in [0.1, 0.15) is 42.6 Å². The van der Waals surface area contributed by atoms with Crippen molar-refractivity contribution in [3.05, 3.63) is 16.1 Å². The highest BCUT2D eigenvalue weighted by atomic mass is 35.5. The first-order chi connectivity index (χ1) is 7.88. The summed E-state index contributed by atoms with van der Waals surface area (Å²) in [6.07, 6.45) is 0.868. The van der Waals surface area contributed by atoms with Crippen LogP contribution in [0.4, 0.5) is 0 Å². The Morgan fingerprint density at radius 2 is 2.11 bits per heavy atom. The fraction of sp³-hybridized carbons (Fsp3) is 0.667. The topological polar surface area (TPSA) is 68.0 Å². The standard InChI is InChI=1S/C12H21N3OS.2ClH/c1-8(2)5-12(4,6-13)15-11(16)10-9(3)14-7-17-10;;/h7-8H,5-6,13H2,1-4H3,(H,15,16);2*1H. The lowest BCUT2D eigenvalue weighted by Gasteiger charge is -2.31. The Labute approximate surface area is 131 Å². The van der Waals surface area contributed by atoms with Crippen molar-refractivity contribution in [2.45, 2.75) is 39.7 Å². The maximum atomic E-state index is 12.1. The fourth-order valence-electron chi connectivity index (χ4n) is 1.94. The largest absolute Gasteiger partial charge is 0.345 e. The van der Waals surface area contributed by atoms with Crippen LogP contribution in [0.25, 0.3) is 0 Å². The van der Waals surface area contributed by atoms with Gasteiger partial charge in [0, 0.05) is 6.54 Å². The van der Waals surface area contributed by atoms with E-state index < -0.39 is 0 Å². The number of carbonyl (C=O) groups is 1. The van der Waals surface area contributed by atoms with Gasteiger partial charge in [0.2, 0.25) is 0 Å². The second-order valence-electron chi connectivity index (χ2n) is 5.08. The summed E-state index contributed by atoms with van der Waals surface area (Å²) in [5, 5.41) is 3.02. The van der Waals surface area contributed by atoms with Crippen LogP contribution in [0, 0.1) is 12.8 Å². The average molecular weight is 328 g/mol. The van der Waals surface area contributed by atoms with Gasteiger partial charge in [-0.3, -0.25) is 4.79 Å². The van der Waals surface area contributed by atoms with E-state index in [1.165, 1.54) is 11.3 Å². The van der Waals surface area contributed by atoms with E-state index in [1.54, 1.807) is 5.51 Å². The van der Waals surface area contributed by atoms with Gasteiger partial charge in [-0.25, -0.2) is 4.98 Å². The Kier molecular flexibility index (Phi) is 9.64. The zero-order valence-electron chi connectivity index (χ0n) is 11.7. The van der Waals surface area contributed by atoms with E-state index in [-0.39, 0.29) is 36.3 Å². The summed E-state index contributed by atoms with van der Waals surface area (Å²) in [5.41, 5.74) is 7.88. The molecule has 1 amide bonds. The van der Waals surface area contributed by atoms with E-state index in [0.29, 0.717) is 17.3 Å². The molecule has 1 aromatic heterocycles. The number of hydrogen-bond donors (Lipinski definition) is 2. The van der Waals surface area contributed by atoms with Gasteiger partial charge in [-0.05, 0) is 26.2 Å². The van der Waals surface area contributed by atoms with Crippen molar-refractivity contribution in [2.75, 3.05) is 6.54 Å². The Balaban J connectivity index is 0. The van der Waals surface area contributed by atoms with Crippen LogP contribution in [0.2, 0.25) is 0 Å². The third-order valence-electron chi connectivity index (χ3n) is 2.68. The summed E-state index contributed by atoms with van der Waals surface area (Å²) in [6.45, 7) is 8.51. The second-order valence-corrected chi connectivity index (χ2v) is 5.94. The molecule has 0 spiro atoms. The predicted molar refractivity (Wildman–Crippen MR) is 85.7 cm³/mol. The number of aryl methyl sites for hydroxylation is 1. The Bertz CT molecular complexity index is 398. The van der Waals surface area contributed by atoms with Gasteiger partial charge >= 0.3 is 0 Å². The quantitative estimate of drug-likeness (QED) is 0.873. The normalized spacial score (nSPS) is 13.2. The number of nitrogens with zero attached hydrogens (tertiary/aromatic N) is 1. The molecule has 0 bridgehead atoms. The van der Waals surface area contributed by atoms with E-state index in [2.05, 4.69) is 24.1 Å². The molecule has 0 aliphatic carbocycles. The molecule has 1 aromatic rings. The number of thiazole rings is 1. The molecule has 3 N–H and O–H groups in total. The van der Waals surface area contributed by atoms with Crippen molar-refractivity contribution in [3.8, 4) is 0 Å². The summed E-state index contributed by atoms with van der Waals surface area (Å²) in [7, 11) is 0. The number of amides is 1. The lowest BCUT2D eigenvalue weighted by Crippen LogP contribution is -2.52. The van der Waals surface area contributed by atoms with Crippen LogP contribution in [-0.4, -0.2) is 23.0 Å². The molecular formula is C12H23Cl2N3OS. The summed E-state index contributed by atoms with van der Waals surface area (Å²) in [5.74, 6) is 0.421. The van der Waals surface area contributed by atoms with Gasteiger partial charge in [-0.1, -0.05) is 13.8 Å². The molecule has 0 saturated carbocycles. The Morgan fingerprint density at radius 3 is 2.47 bits per heavy atom. The van der Waals surface area contributed by atoms with Crippen LogP contribution in [-0.2, 0) is 0 Å². The van der Waals surface area contributed by atoms with E-state index >= 15 is 0 Å². The first-order valence-corrected chi connectivity index (χ1v) is 6.68. The molecule has 1 atom stereocenters. The minimum absolute atomic E-state index is 0. The molecule has 0 aliphatic rings. The first-order valence-electron chi connectivity index (χ1n) is 5.80. The van der Waals surface area contributed by atoms with Gasteiger partial charge in [0.15, 0.2) is 0 Å². The number of nitrogens with one attached hydrogen (secondary N) is 1. The molecule has 1 rings (SSSR count). The van der Waals surface area contributed by atoms with E-state index in [1.807, 2.05) is 13.8 Å². The molecule has 4 nitrogen and oxygen atoms in total. The van der Waals surface area contributed by atoms with Crippen LogP contribution >= 0.6 is 36.2 Å². The van der Waals surface area contributed by atoms with Crippen LogP contribution < -0.4 is 11.1 Å². The van der Waals surface area contributed by atoms with Crippen molar-refractivity contribution in [1.29, 1.82) is 0 Å². The third-order valence-corrected chi connectivity index (χ3v) is 3.60. The molecule has 0 radical (unpaired) electrons.